The molecule has 1 N–H and O–H groups in total. The van der Waals surface area contributed by atoms with E-state index in [1.54, 1.807) is 31.4 Å². The zero-order valence-corrected chi connectivity index (χ0v) is 14.1. The fourth-order valence-electron chi connectivity index (χ4n) is 1.98. The molecule has 0 atom stereocenters. The Bertz CT molecular complexity index is 641. The molecule has 1 amide bonds. The van der Waals surface area contributed by atoms with Crippen LogP contribution >= 0.6 is 15.9 Å². The van der Waals surface area contributed by atoms with Crippen LogP contribution in [-0.2, 0) is 11.2 Å². The van der Waals surface area contributed by atoms with E-state index >= 15 is 0 Å². The lowest BCUT2D eigenvalue weighted by molar-refractivity contribution is -0.118. The first-order chi connectivity index (χ1) is 10.6. The zero-order valence-electron chi connectivity index (χ0n) is 12.6. The summed E-state index contributed by atoms with van der Waals surface area (Å²) in [7, 11) is 1.60. The normalized spacial score (nSPS) is 10.1. The number of nitrogens with one attached hydrogen (secondary N) is 1. The molecule has 0 aliphatic carbocycles. The van der Waals surface area contributed by atoms with Crippen molar-refractivity contribution in [2.45, 2.75) is 13.3 Å². The summed E-state index contributed by atoms with van der Waals surface area (Å²) in [6.07, 6.45) is 0.842. The van der Waals surface area contributed by atoms with Crippen molar-refractivity contribution in [1.82, 2.24) is 0 Å². The van der Waals surface area contributed by atoms with Crippen molar-refractivity contribution in [1.29, 1.82) is 0 Å². The Labute approximate surface area is 138 Å². The molecule has 0 aliphatic rings. The fourth-order valence-corrected chi connectivity index (χ4v) is 2.39. The van der Waals surface area contributed by atoms with Crippen LogP contribution in [0, 0.1) is 0 Å². The second kappa shape index (κ2) is 7.84. The number of carbonyl (C=O) groups excluding carboxylic acids is 1. The number of halogens is 1. The van der Waals surface area contributed by atoms with Crippen molar-refractivity contribution in [2.75, 3.05) is 19.0 Å². The molecule has 2 aromatic rings. The van der Waals surface area contributed by atoms with E-state index < -0.39 is 0 Å². The topological polar surface area (TPSA) is 47.6 Å². The number of aryl methyl sites for hydroxylation is 1. The summed E-state index contributed by atoms with van der Waals surface area (Å²) in [5, 5.41) is 2.78. The molecule has 22 heavy (non-hydrogen) atoms. The lowest BCUT2D eigenvalue weighted by atomic mass is 10.1. The molecule has 0 fully saturated rings. The monoisotopic (exact) mass is 363 g/mol. The van der Waals surface area contributed by atoms with E-state index in [2.05, 4.69) is 21.2 Å². The van der Waals surface area contributed by atoms with E-state index in [1.807, 2.05) is 25.1 Å². The fraction of sp³-hybridized carbons (Fsp3) is 0.235. The van der Waals surface area contributed by atoms with E-state index in [4.69, 9.17) is 9.47 Å². The average molecular weight is 364 g/mol. The molecule has 2 aromatic carbocycles. The number of amides is 1. The van der Waals surface area contributed by atoms with Crippen molar-refractivity contribution in [2.24, 2.45) is 0 Å². The van der Waals surface area contributed by atoms with Crippen LogP contribution < -0.4 is 14.8 Å². The Morgan fingerprint density at radius 2 is 1.91 bits per heavy atom. The van der Waals surface area contributed by atoms with Crippen molar-refractivity contribution >= 4 is 27.5 Å². The van der Waals surface area contributed by atoms with Crippen molar-refractivity contribution in [3.8, 4) is 11.5 Å². The molecule has 0 radical (unpaired) electrons. The first kappa shape index (κ1) is 16.4. The maximum atomic E-state index is 11.9. The van der Waals surface area contributed by atoms with Gasteiger partial charge in [-0.15, -0.1) is 0 Å². The van der Waals surface area contributed by atoms with Gasteiger partial charge in [-0.3, -0.25) is 4.79 Å². The Morgan fingerprint density at radius 3 is 2.55 bits per heavy atom. The predicted molar refractivity (Wildman–Crippen MR) is 90.6 cm³/mol. The molecule has 0 unspecified atom stereocenters. The standard InChI is InChI=1S/C17H18BrNO3/c1-3-12-10-13(18)4-9-16(12)22-11-17(20)19-14-5-7-15(21-2)8-6-14/h4-10H,3,11H2,1-2H3,(H,19,20). The van der Waals surface area contributed by atoms with Crippen LogP contribution in [0.4, 0.5) is 5.69 Å². The third-order valence-electron chi connectivity index (χ3n) is 3.14. The maximum absolute atomic E-state index is 11.9. The summed E-state index contributed by atoms with van der Waals surface area (Å²) in [5.41, 5.74) is 1.77. The lowest BCUT2D eigenvalue weighted by Gasteiger charge is -2.11. The van der Waals surface area contributed by atoms with Crippen molar-refractivity contribution in [3.05, 3.63) is 52.5 Å². The Hall–Kier alpha value is -2.01. The molecule has 0 saturated carbocycles. The van der Waals surface area contributed by atoms with E-state index in [0.717, 1.165) is 28.0 Å². The molecule has 4 nitrogen and oxygen atoms in total. The number of anilines is 1. The van der Waals surface area contributed by atoms with Gasteiger partial charge in [0.2, 0.25) is 0 Å². The number of methoxy groups -OCH3 is 1. The SMILES string of the molecule is CCc1cc(Br)ccc1OCC(=O)Nc1ccc(OC)cc1. The average Bonchev–Trinajstić information content (AvgIpc) is 2.54. The quantitative estimate of drug-likeness (QED) is 0.842. The van der Waals surface area contributed by atoms with Crippen LogP contribution in [0.15, 0.2) is 46.9 Å². The number of hydrogen-bond acceptors (Lipinski definition) is 3. The van der Waals surface area contributed by atoms with E-state index in [0.29, 0.717) is 5.69 Å². The number of benzene rings is 2. The second-order valence-electron chi connectivity index (χ2n) is 4.67. The molecule has 5 heteroatoms. The van der Waals surface area contributed by atoms with Crippen LogP contribution in [0.25, 0.3) is 0 Å². The predicted octanol–water partition coefficient (Wildman–Crippen LogP) is 4.04. The summed E-state index contributed by atoms with van der Waals surface area (Å²) in [4.78, 5) is 11.9. The number of carbonyl (C=O) groups is 1. The summed E-state index contributed by atoms with van der Waals surface area (Å²) >= 11 is 3.43. The highest BCUT2D eigenvalue weighted by Crippen LogP contribution is 2.23. The molecule has 0 spiro atoms. The Kier molecular flexibility index (Phi) is 5.83. The number of ether oxygens (including phenoxy) is 2. The minimum absolute atomic E-state index is 0.0271. The zero-order chi connectivity index (χ0) is 15.9. The van der Waals surface area contributed by atoms with Crippen LogP contribution in [-0.4, -0.2) is 19.6 Å². The maximum Gasteiger partial charge on any atom is 0.262 e. The van der Waals surface area contributed by atoms with Gasteiger partial charge in [0, 0.05) is 10.2 Å². The van der Waals surface area contributed by atoms with Crippen molar-refractivity contribution in [3.63, 3.8) is 0 Å². The second-order valence-corrected chi connectivity index (χ2v) is 5.59. The highest BCUT2D eigenvalue weighted by Gasteiger charge is 2.07. The first-order valence-corrected chi connectivity index (χ1v) is 7.76. The molecule has 0 aliphatic heterocycles. The van der Waals surface area contributed by atoms with Gasteiger partial charge >= 0.3 is 0 Å². The minimum Gasteiger partial charge on any atom is -0.497 e. The van der Waals surface area contributed by atoms with Gasteiger partial charge in [-0.2, -0.15) is 0 Å². The van der Waals surface area contributed by atoms with E-state index in [-0.39, 0.29) is 12.5 Å². The summed E-state index contributed by atoms with van der Waals surface area (Å²) in [6.45, 7) is 2.02. The third-order valence-corrected chi connectivity index (χ3v) is 3.63. The van der Waals surface area contributed by atoms with E-state index in [9.17, 15) is 4.79 Å². The molecular weight excluding hydrogens is 346 g/mol. The van der Waals surface area contributed by atoms with Gasteiger partial charge in [-0.25, -0.2) is 0 Å². The Balaban J connectivity index is 1.92. The molecule has 0 aromatic heterocycles. The minimum atomic E-state index is -0.199. The molecule has 0 heterocycles. The first-order valence-electron chi connectivity index (χ1n) is 6.97. The van der Waals surface area contributed by atoms with Gasteiger partial charge in [0.05, 0.1) is 7.11 Å². The summed E-state index contributed by atoms with van der Waals surface area (Å²) in [5.74, 6) is 1.28. The molecule has 0 saturated heterocycles. The van der Waals surface area contributed by atoms with Crippen LogP contribution in [0.2, 0.25) is 0 Å². The summed E-state index contributed by atoms with van der Waals surface area (Å²) in [6, 6.07) is 12.9. The number of hydrogen-bond donors (Lipinski definition) is 1. The molecule has 116 valence electrons. The smallest absolute Gasteiger partial charge is 0.262 e. The van der Waals surface area contributed by atoms with Gasteiger partial charge in [0.15, 0.2) is 6.61 Å². The molecule has 2 rings (SSSR count). The van der Waals surface area contributed by atoms with Crippen LogP contribution in [0.5, 0.6) is 11.5 Å². The molecule has 0 bridgehead atoms. The lowest BCUT2D eigenvalue weighted by Crippen LogP contribution is -2.20. The van der Waals surface area contributed by atoms with Gasteiger partial charge in [-0.1, -0.05) is 22.9 Å². The third kappa shape index (κ3) is 4.49. The summed E-state index contributed by atoms with van der Waals surface area (Å²) < 4.78 is 11.7. The largest absolute Gasteiger partial charge is 0.497 e. The van der Waals surface area contributed by atoms with Crippen LogP contribution in [0.3, 0.4) is 0 Å². The molecular formula is C17H18BrNO3. The van der Waals surface area contributed by atoms with Crippen molar-refractivity contribution < 1.29 is 14.3 Å². The Morgan fingerprint density at radius 1 is 1.18 bits per heavy atom. The van der Waals surface area contributed by atoms with E-state index in [1.165, 1.54) is 0 Å². The van der Waals surface area contributed by atoms with Gasteiger partial charge in [0.25, 0.3) is 5.91 Å². The van der Waals surface area contributed by atoms with Crippen LogP contribution in [0.1, 0.15) is 12.5 Å². The van der Waals surface area contributed by atoms with Gasteiger partial charge in [0.1, 0.15) is 11.5 Å². The number of rotatable bonds is 6. The van der Waals surface area contributed by atoms with Gasteiger partial charge < -0.3 is 14.8 Å². The highest BCUT2D eigenvalue weighted by molar-refractivity contribution is 9.10. The van der Waals surface area contributed by atoms with Gasteiger partial charge in [-0.05, 0) is 54.4 Å². The highest BCUT2D eigenvalue weighted by atomic mass is 79.9.